The first-order valence-electron chi connectivity index (χ1n) is 10.7. The van der Waals surface area contributed by atoms with Crippen LogP contribution in [0.2, 0.25) is 0 Å². The maximum atomic E-state index is 13.6. The van der Waals surface area contributed by atoms with Crippen molar-refractivity contribution in [1.82, 2.24) is 10.2 Å². The Kier molecular flexibility index (Phi) is 7.23. The fourth-order valence-electron chi connectivity index (χ4n) is 4.65. The number of carbonyl (C=O) groups is 3. The molecule has 9 heteroatoms. The molecule has 0 spiro atoms. The number of carbonyl (C=O) groups excluding carboxylic acids is 2. The fourth-order valence-corrected chi connectivity index (χ4v) is 4.65. The number of nitrogens with one attached hydrogen (secondary N) is 1. The van der Waals surface area contributed by atoms with Gasteiger partial charge in [-0.25, -0.2) is 14.5 Å². The molecular weight excluding hydrogens is 413 g/mol. The molecule has 1 aliphatic heterocycles. The van der Waals surface area contributed by atoms with Crippen LogP contribution in [0, 0.1) is 11.8 Å². The molecule has 6 nitrogen and oxygen atoms in total. The van der Waals surface area contributed by atoms with Crippen molar-refractivity contribution in [3.8, 4) is 0 Å². The maximum Gasteiger partial charge on any atom is 0.408 e. The fraction of sp³-hybridized carbons (Fsp3) is 0.591. The van der Waals surface area contributed by atoms with Crippen molar-refractivity contribution in [3.63, 3.8) is 0 Å². The third-order valence-corrected chi connectivity index (χ3v) is 6.26. The summed E-state index contributed by atoms with van der Waals surface area (Å²) < 4.78 is 40.7. The van der Waals surface area contributed by atoms with Gasteiger partial charge in [0.15, 0.2) is 6.04 Å². The molecule has 2 fully saturated rings. The Morgan fingerprint density at radius 2 is 1.77 bits per heavy atom. The predicted octanol–water partition coefficient (Wildman–Crippen LogP) is 4.14. The predicted molar refractivity (Wildman–Crippen MR) is 106 cm³/mol. The number of amides is 3. The molecule has 3 rings (SSSR count). The molecule has 3 atom stereocenters. The molecule has 1 aromatic rings. The van der Waals surface area contributed by atoms with Crippen molar-refractivity contribution in [1.29, 1.82) is 0 Å². The van der Waals surface area contributed by atoms with Gasteiger partial charge in [0.25, 0.3) is 0 Å². The second-order valence-corrected chi connectivity index (χ2v) is 8.34. The minimum atomic E-state index is -4.67. The lowest BCUT2D eigenvalue weighted by molar-refractivity contribution is -0.173. The number of hydrogen-bond donors (Lipinski definition) is 2. The van der Waals surface area contributed by atoms with Gasteiger partial charge in [-0.3, -0.25) is 4.79 Å². The molecule has 1 saturated heterocycles. The van der Waals surface area contributed by atoms with Gasteiger partial charge in [0.2, 0.25) is 5.91 Å². The number of nitrogens with zero attached hydrogens (tertiary/aromatic N) is 1. The van der Waals surface area contributed by atoms with Crippen LogP contribution in [0.4, 0.5) is 18.0 Å². The molecule has 1 aromatic carbocycles. The first-order chi connectivity index (χ1) is 14.7. The Hall–Kier alpha value is -2.58. The summed E-state index contributed by atoms with van der Waals surface area (Å²) in [7, 11) is 0. The second kappa shape index (κ2) is 9.70. The quantitative estimate of drug-likeness (QED) is 0.624. The molecule has 1 aliphatic carbocycles. The van der Waals surface area contributed by atoms with Crippen LogP contribution in [0.25, 0.3) is 0 Å². The van der Waals surface area contributed by atoms with E-state index in [0.717, 1.165) is 12.0 Å². The number of imide groups is 1. The molecule has 2 N–H and O–H groups in total. The molecular formula is C22H27F3N2O4. The van der Waals surface area contributed by atoms with E-state index in [9.17, 15) is 32.7 Å². The van der Waals surface area contributed by atoms with Gasteiger partial charge in [0.05, 0.1) is 5.92 Å². The van der Waals surface area contributed by atoms with Gasteiger partial charge >= 0.3 is 18.2 Å². The first-order valence-corrected chi connectivity index (χ1v) is 10.7. The standard InChI is InChI=1S/C22H27F3N2O4/c23-22(24,25)18(15-11-5-2-6-12-15)26-21(31)27-17(20(29)30)16(19(27)28)13-7-10-14-8-3-1-4-9-14/h1,3-4,8-9,15-18H,2,5-7,10-13H2,(H,26,31)(H,29,30)/t16-,17+,18+/m1/s1. The number of hydrogen-bond acceptors (Lipinski definition) is 3. The van der Waals surface area contributed by atoms with Crippen molar-refractivity contribution >= 4 is 17.9 Å². The number of benzene rings is 1. The highest BCUT2D eigenvalue weighted by molar-refractivity contribution is 6.07. The van der Waals surface area contributed by atoms with E-state index in [-0.39, 0.29) is 6.42 Å². The Bertz CT molecular complexity index is 794. The molecule has 0 bridgehead atoms. The van der Waals surface area contributed by atoms with E-state index in [1.807, 2.05) is 35.6 Å². The molecule has 0 radical (unpaired) electrons. The number of aryl methyl sites for hydroxylation is 1. The van der Waals surface area contributed by atoms with E-state index in [0.29, 0.717) is 43.4 Å². The smallest absolute Gasteiger partial charge is 0.408 e. The largest absolute Gasteiger partial charge is 0.480 e. The number of β-lactam (4-membered cyclic amide) rings is 1. The van der Waals surface area contributed by atoms with Crippen molar-refractivity contribution in [2.45, 2.75) is 69.6 Å². The third kappa shape index (κ3) is 5.37. The van der Waals surface area contributed by atoms with Gasteiger partial charge in [-0.2, -0.15) is 13.2 Å². The topological polar surface area (TPSA) is 86.7 Å². The first kappa shape index (κ1) is 23.1. The summed E-state index contributed by atoms with van der Waals surface area (Å²) in [5.74, 6) is -3.80. The molecule has 170 valence electrons. The maximum absolute atomic E-state index is 13.6. The number of alkyl halides is 3. The summed E-state index contributed by atoms with van der Waals surface area (Å²) in [6.45, 7) is 0. The highest BCUT2D eigenvalue weighted by Gasteiger charge is 2.56. The van der Waals surface area contributed by atoms with Crippen LogP contribution in [0.15, 0.2) is 30.3 Å². The average molecular weight is 440 g/mol. The van der Waals surface area contributed by atoms with E-state index in [1.54, 1.807) is 0 Å². The SMILES string of the molecule is O=C(O)[C@@H]1[C@@H](CCCc2ccccc2)C(=O)N1C(=O)N[C@@H](C1CCCCC1)C(F)(F)F. The normalized spacial score (nSPS) is 23.2. The van der Waals surface area contributed by atoms with Gasteiger partial charge in [-0.1, -0.05) is 49.6 Å². The molecule has 2 aliphatic rings. The van der Waals surface area contributed by atoms with Crippen LogP contribution in [0.1, 0.15) is 50.5 Å². The highest BCUT2D eigenvalue weighted by Crippen LogP contribution is 2.36. The Balaban J connectivity index is 1.63. The van der Waals surface area contributed by atoms with E-state index in [4.69, 9.17) is 0 Å². The van der Waals surface area contributed by atoms with E-state index in [1.165, 1.54) is 0 Å². The number of urea groups is 1. The van der Waals surface area contributed by atoms with Crippen LogP contribution >= 0.6 is 0 Å². The number of rotatable bonds is 7. The molecule has 0 unspecified atom stereocenters. The second-order valence-electron chi connectivity index (χ2n) is 8.34. The summed E-state index contributed by atoms with van der Waals surface area (Å²) >= 11 is 0. The lowest BCUT2D eigenvalue weighted by Gasteiger charge is -2.44. The summed E-state index contributed by atoms with van der Waals surface area (Å²) in [6, 6.07) is 4.66. The van der Waals surface area contributed by atoms with E-state index < -0.39 is 48.0 Å². The van der Waals surface area contributed by atoms with Gasteiger partial charge < -0.3 is 10.4 Å². The zero-order chi connectivity index (χ0) is 22.6. The van der Waals surface area contributed by atoms with Crippen molar-refractivity contribution in [3.05, 3.63) is 35.9 Å². The lowest BCUT2D eigenvalue weighted by Crippen LogP contribution is -2.69. The van der Waals surface area contributed by atoms with Gasteiger partial charge in [-0.15, -0.1) is 0 Å². The van der Waals surface area contributed by atoms with E-state index >= 15 is 0 Å². The van der Waals surface area contributed by atoms with Crippen molar-refractivity contribution in [2.75, 3.05) is 0 Å². The Morgan fingerprint density at radius 1 is 1.13 bits per heavy atom. The van der Waals surface area contributed by atoms with Crippen LogP contribution in [0.5, 0.6) is 0 Å². The van der Waals surface area contributed by atoms with Gasteiger partial charge in [0.1, 0.15) is 6.04 Å². The molecule has 31 heavy (non-hydrogen) atoms. The van der Waals surface area contributed by atoms with Crippen LogP contribution in [-0.2, 0) is 16.0 Å². The lowest BCUT2D eigenvalue weighted by atomic mass is 9.82. The summed E-state index contributed by atoms with van der Waals surface area (Å²) in [6.07, 6.45) is -0.418. The summed E-state index contributed by atoms with van der Waals surface area (Å²) in [5, 5.41) is 11.4. The van der Waals surface area contributed by atoms with Gasteiger partial charge in [-0.05, 0) is 43.6 Å². The number of aliphatic carboxylic acids is 1. The van der Waals surface area contributed by atoms with Crippen molar-refractivity contribution < 1.29 is 32.7 Å². The number of carboxylic acid groups (broad SMARTS) is 1. The van der Waals surface area contributed by atoms with Gasteiger partial charge in [0, 0.05) is 0 Å². The Morgan fingerprint density at radius 3 is 2.35 bits per heavy atom. The molecule has 3 amide bonds. The van der Waals surface area contributed by atoms with Crippen LogP contribution in [0.3, 0.4) is 0 Å². The van der Waals surface area contributed by atoms with Crippen LogP contribution < -0.4 is 5.32 Å². The molecule has 1 heterocycles. The zero-order valence-electron chi connectivity index (χ0n) is 17.1. The number of halogens is 3. The number of carboxylic acids is 1. The molecule has 1 saturated carbocycles. The number of likely N-dealkylation sites (tertiary alicyclic amines) is 1. The third-order valence-electron chi connectivity index (χ3n) is 6.26. The molecule has 0 aromatic heterocycles. The van der Waals surface area contributed by atoms with E-state index in [2.05, 4.69) is 0 Å². The summed E-state index contributed by atoms with van der Waals surface area (Å²) in [5.41, 5.74) is 1.04. The van der Waals surface area contributed by atoms with Crippen molar-refractivity contribution in [2.24, 2.45) is 11.8 Å². The average Bonchev–Trinajstić information content (AvgIpc) is 2.73. The highest BCUT2D eigenvalue weighted by atomic mass is 19.4. The van der Waals surface area contributed by atoms with Crippen LogP contribution in [-0.4, -0.2) is 46.2 Å². The minimum absolute atomic E-state index is 0.250. The summed E-state index contributed by atoms with van der Waals surface area (Å²) in [4.78, 5) is 37.1. The Labute approximate surface area is 178 Å². The zero-order valence-corrected chi connectivity index (χ0v) is 17.1. The minimum Gasteiger partial charge on any atom is -0.480 e. The monoisotopic (exact) mass is 440 g/mol.